The topological polar surface area (TPSA) is 38.9 Å². The van der Waals surface area contributed by atoms with Crippen LogP contribution in [0.25, 0.3) is 0 Å². The van der Waals surface area contributed by atoms with Gasteiger partial charge in [-0.2, -0.15) is 13.2 Å². The fourth-order valence-corrected chi connectivity index (χ4v) is 3.58. The number of hydrogen-bond donors (Lipinski definition) is 1. The second-order valence-electron chi connectivity index (χ2n) is 4.98. The smallest absolute Gasteiger partial charge is 0.375 e. The number of aromatic nitrogens is 1. The van der Waals surface area contributed by atoms with Gasteiger partial charge < -0.3 is 5.73 Å². The van der Waals surface area contributed by atoms with Crippen molar-refractivity contribution in [3.8, 4) is 0 Å². The molecule has 106 valence electrons. The highest BCUT2D eigenvalue weighted by Crippen LogP contribution is 2.37. The molecular formula is C14H13F3N2S. The highest BCUT2D eigenvalue weighted by molar-refractivity contribution is 7.15. The summed E-state index contributed by atoms with van der Waals surface area (Å²) in [5.74, 6) is 0.254. The van der Waals surface area contributed by atoms with E-state index in [9.17, 15) is 13.2 Å². The van der Waals surface area contributed by atoms with Crippen molar-refractivity contribution in [1.82, 2.24) is 4.98 Å². The normalized spacial score (nSPS) is 18.9. The van der Waals surface area contributed by atoms with E-state index in [1.165, 1.54) is 16.2 Å². The van der Waals surface area contributed by atoms with Gasteiger partial charge in [-0.05, 0) is 42.9 Å². The number of nitrogens with two attached hydrogens (primary N) is 1. The number of thiazole rings is 1. The minimum Gasteiger partial charge on any atom is -0.375 e. The first-order valence-corrected chi connectivity index (χ1v) is 7.16. The third kappa shape index (κ3) is 2.52. The average Bonchev–Trinajstić information content (AvgIpc) is 2.77. The fraction of sp³-hybridized carbons (Fsp3) is 0.357. The number of hydrogen-bond acceptors (Lipinski definition) is 3. The summed E-state index contributed by atoms with van der Waals surface area (Å²) in [6.07, 6.45) is -1.71. The van der Waals surface area contributed by atoms with Crippen molar-refractivity contribution < 1.29 is 13.2 Å². The molecular weight excluding hydrogens is 285 g/mol. The minimum absolute atomic E-state index is 0.254. The van der Waals surface area contributed by atoms with Crippen LogP contribution in [0.2, 0.25) is 0 Å². The number of anilines is 1. The van der Waals surface area contributed by atoms with Crippen LogP contribution in [0.15, 0.2) is 24.3 Å². The number of nitrogens with zero attached hydrogens (tertiary/aromatic N) is 1. The molecule has 2 aromatic rings. The molecule has 1 atom stereocenters. The highest BCUT2D eigenvalue weighted by atomic mass is 32.1. The van der Waals surface area contributed by atoms with E-state index in [1.807, 2.05) is 0 Å². The quantitative estimate of drug-likeness (QED) is 0.863. The fourth-order valence-electron chi connectivity index (χ4n) is 2.62. The van der Waals surface area contributed by atoms with Gasteiger partial charge in [0.25, 0.3) is 0 Å². The summed E-state index contributed by atoms with van der Waals surface area (Å²) in [5, 5.41) is 0.572. The Hall–Kier alpha value is -1.56. The molecule has 2 nitrogen and oxygen atoms in total. The summed E-state index contributed by atoms with van der Waals surface area (Å²) in [6.45, 7) is 0. The van der Waals surface area contributed by atoms with Crippen molar-refractivity contribution >= 4 is 16.5 Å². The van der Waals surface area contributed by atoms with Crippen LogP contribution in [0.1, 0.15) is 34.0 Å². The molecule has 0 radical (unpaired) electrons. The monoisotopic (exact) mass is 298 g/mol. The Balaban J connectivity index is 1.81. The molecule has 2 N–H and O–H groups in total. The first kappa shape index (κ1) is 13.4. The van der Waals surface area contributed by atoms with E-state index in [1.54, 1.807) is 12.1 Å². The first-order valence-electron chi connectivity index (χ1n) is 6.34. The molecule has 0 spiro atoms. The summed E-state index contributed by atoms with van der Waals surface area (Å²) < 4.78 is 37.6. The lowest BCUT2D eigenvalue weighted by Gasteiger charge is -2.21. The maximum absolute atomic E-state index is 12.5. The van der Waals surface area contributed by atoms with Crippen LogP contribution in [0.3, 0.4) is 0 Å². The third-order valence-electron chi connectivity index (χ3n) is 3.67. The zero-order valence-electron chi connectivity index (χ0n) is 10.6. The molecule has 1 aliphatic carbocycles. The zero-order chi connectivity index (χ0) is 14.3. The SMILES string of the molecule is Nc1nc2c(s1)CC(c1ccc(C(F)(F)F)cc1)CC2. The van der Waals surface area contributed by atoms with Crippen molar-refractivity contribution in [3.63, 3.8) is 0 Å². The van der Waals surface area contributed by atoms with Gasteiger partial charge in [0.15, 0.2) is 5.13 Å². The van der Waals surface area contributed by atoms with Crippen LogP contribution in [0, 0.1) is 0 Å². The molecule has 0 saturated carbocycles. The Kier molecular flexibility index (Phi) is 3.20. The summed E-state index contributed by atoms with van der Waals surface area (Å²) in [6, 6.07) is 5.49. The molecule has 0 fully saturated rings. The predicted octanol–water partition coefficient (Wildman–Crippen LogP) is 4.02. The number of aryl methyl sites for hydroxylation is 1. The minimum atomic E-state index is -4.27. The maximum Gasteiger partial charge on any atom is 0.416 e. The lowest BCUT2D eigenvalue weighted by atomic mass is 9.85. The Labute approximate surface area is 118 Å². The van der Waals surface area contributed by atoms with Gasteiger partial charge in [-0.3, -0.25) is 0 Å². The summed E-state index contributed by atoms with van der Waals surface area (Å²) in [4.78, 5) is 5.44. The number of rotatable bonds is 1. The van der Waals surface area contributed by atoms with Crippen LogP contribution in [-0.4, -0.2) is 4.98 Å². The summed E-state index contributed by atoms with van der Waals surface area (Å²) >= 11 is 1.48. The number of benzene rings is 1. The molecule has 6 heteroatoms. The molecule has 20 heavy (non-hydrogen) atoms. The Morgan fingerprint density at radius 2 is 1.90 bits per heavy atom. The van der Waals surface area contributed by atoms with Crippen LogP contribution in [0.4, 0.5) is 18.3 Å². The average molecular weight is 298 g/mol. The molecule has 1 heterocycles. The number of nitrogen functional groups attached to an aromatic ring is 1. The molecule has 3 rings (SSSR count). The van der Waals surface area contributed by atoms with Gasteiger partial charge in [-0.25, -0.2) is 4.98 Å². The number of fused-ring (bicyclic) bond motifs is 1. The van der Waals surface area contributed by atoms with Crippen molar-refractivity contribution in [1.29, 1.82) is 0 Å². The maximum atomic E-state index is 12.5. The summed E-state index contributed by atoms with van der Waals surface area (Å²) in [7, 11) is 0. The van der Waals surface area contributed by atoms with Gasteiger partial charge in [0.2, 0.25) is 0 Å². The van der Waals surface area contributed by atoms with Gasteiger partial charge in [-0.15, -0.1) is 11.3 Å². The summed E-state index contributed by atoms with van der Waals surface area (Å²) in [5.41, 5.74) is 7.10. The lowest BCUT2D eigenvalue weighted by Crippen LogP contribution is -2.12. The van der Waals surface area contributed by atoms with Crippen LogP contribution >= 0.6 is 11.3 Å². The predicted molar refractivity (Wildman–Crippen MR) is 72.7 cm³/mol. The van der Waals surface area contributed by atoms with Gasteiger partial charge in [0.05, 0.1) is 11.3 Å². The highest BCUT2D eigenvalue weighted by Gasteiger charge is 2.30. The molecule has 0 aliphatic heterocycles. The second-order valence-corrected chi connectivity index (χ2v) is 6.10. The van der Waals surface area contributed by atoms with E-state index in [-0.39, 0.29) is 5.92 Å². The Morgan fingerprint density at radius 1 is 1.20 bits per heavy atom. The Morgan fingerprint density at radius 3 is 2.55 bits per heavy atom. The van der Waals surface area contributed by atoms with Gasteiger partial charge >= 0.3 is 6.18 Å². The lowest BCUT2D eigenvalue weighted by molar-refractivity contribution is -0.137. The van der Waals surface area contributed by atoms with E-state index < -0.39 is 11.7 Å². The van der Waals surface area contributed by atoms with Gasteiger partial charge in [0, 0.05) is 4.88 Å². The van der Waals surface area contributed by atoms with E-state index in [0.717, 1.165) is 42.7 Å². The molecule has 0 saturated heterocycles. The first-order chi connectivity index (χ1) is 9.43. The number of halogens is 3. The van der Waals surface area contributed by atoms with Crippen molar-refractivity contribution in [3.05, 3.63) is 46.0 Å². The van der Waals surface area contributed by atoms with Crippen molar-refractivity contribution in [2.75, 3.05) is 5.73 Å². The molecule has 1 unspecified atom stereocenters. The van der Waals surface area contributed by atoms with E-state index in [2.05, 4.69) is 4.98 Å². The van der Waals surface area contributed by atoms with E-state index >= 15 is 0 Å². The van der Waals surface area contributed by atoms with Crippen LogP contribution in [-0.2, 0) is 19.0 Å². The molecule has 0 amide bonds. The van der Waals surface area contributed by atoms with Crippen molar-refractivity contribution in [2.45, 2.75) is 31.4 Å². The molecule has 1 aliphatic rings. The second kappa shape index (κ2) is 4.77. The van der Waals surface area contributed by atoms with Gasteiger partial charge in [-0.1, -0.05) is 12.1 Å². The molecule has 1 aromatic carbocycles. The zero-order valence-corrected chi connectivity index (χ0v) is 11.4. The number of alkyl halides is 3. The van der Waals surface area contributed by atoms with Crippen LogP contribution in [0.5, 0.6) is 0 Å². The molecule has 1 aromatic heterocycles. The van der Waals surface area contributed by atoms with Gasteiger partial charge in [0.1, 0.15) is 0 Å². The standard InChI is InChI=1S/C14H13F3N2S/c15-14(16,17)10-4-1-8(2-5-10)9-3-6-11-12(7-9)20-13(18)19-11/h1-2,4-5,9H,3,6-7H2,(H2,18,19). The Bertz CT molecular complexity index is 616. The third-order valence-corrected chi connectivity index (χ3v) is 4.61. The van der Waals surface area contributed by atoms with E-state index in [4.69, 9.17) is 5.73 Å². The molecule has 0 bridgehead atoms. The largest absolute Gasteiger partial charge is 0.416 e. The van der Waals surface area contributed by atoms with E-state index in [0.29, 0.717) is 5.13 Å². The van der Waals surface area contributed by atoms with Crippen molar-refractivity contribution in [2.24, 2.45) is 0 Å². The van der Waals surface area contributed by atoms with Crippen LogP contribution < -0.4 is 5.73 Å².